The van der Waals surface area contributed by atoms with Gasteiger partial charge in [0.05, 0.1) is 4.90 Å². The fourth-order valence-corrected chi connectivity index (χ4v) is 6.29. The third-order valence-electron chi connectivity index (χ3n) is 6.41. The number of benzene rings is 2. The number of rotatable bonds is 10. The highest BCUT2D eigenvalue weighted by Crippen LogP contribution is 2.21. The molecule has 2 heterocycles. The van der Waals surface area contributed by atoms with Gasteiger partial charge in [0.1, 0.15) is 12.4 Å². The molecular weight excluding hydrogens is 488 g/mol. The third-order valence-corrected chi connectivity index (χ3v) is 8.54. The number of piperazine rings is 1. The van der Waals surface area contributed by atoms with Crippen LogP contribution in [0, 0.1) is 0 Å². The smallest absolute Gasteiger partial charge is 0.243 e. The van der Waals surface area contributed by atoms with Crippen LogP contribution in [-0.4, -0.2) is 87.4 Å². The normalized spacial score (nSPS) is 19.7. The van der Waals surface area contributed by atoms with Crippen LogP contribution >= 0.6 is 11.6 Å². The Hall–Kier alpha value is -2.17. The highest BCUT2D eigenvalue weighted by Gasteiger charge is 2.28. The van der Waals surface area contributed by atoms with Gasteiger partial charge in [-0.05, 0) is 49.4 Å². The Labute approximate surface area is 212 Å². The summed E-state index contributed by atoms with van der Waals surface area (Å²) in [6.07, 6.45) is 1.52. The molecule has 0 aliphatic carbocycles. The van der Waals surface area contributed by atoms with Crippen LogP contribution < -0.4 is 10.1 Å². The van der Waals surface area contributed by atoms with Gasteiger partial charge in [-0.15, -0.1) is 0 Å². The summed E-state index contributed by atoms with van der Waals surface area (Å²) < 4.78 is 33.2. The van der Waals surface area contributed by atoms with Crippen LogP contribution in [0.15, 0.2) is 53.4 Å². The first kappa shape index (κ1) is 25.9. The molecular formula is C25H33ClN4O4S. The molecule has 2 aliphatic heterocycles. The van der Waals surface area contributed by atoms with E-state index in [-0.39, 0.29) is 16.8 Å². The van der Waals surface area contributed by atoms with E-state index in [0.29, 0.717) is 44.2 Å². The number of carbonyl (C=O) groups excluding carboxylic acids is 1. The molecule has 1 unspecified atom stereocenters. The van der Waals surface area contributed by atoms with Gasteiger partial charge in [0.15, 0.2) is 0 Å². The second-order valence-corrected chi connectivity index (χ2v) is 11.6. The zero-order valence-electron chi connectivity index (χ0n) is 20.0. The average Bonchev–Trinajstić information content (AvgIpc) is 3.24. The molecule has 8 nitrogen and oxygen atoms in total. The van der Waals surface area contributed by atoms with Gasteiger partial charge in [0.25, 0.3) is 0 Å². The van der Waals surface area contributed by atoms with Gasteiger partial charge in [-0.25, -0.2) is 8.42 Å². The van der Waals surface area contributed by atoms with Crippen LogP contribution in [0.1, 0.15) is 18.4 Å². The number of hydrogen-bond acceptors (Lipinski definition) is 6. The van der Waals surface area contributed by atoms with E-state index in [9.17, 15) is 13.2 Å². The Balaban J connectivity index is 1.20. The lowest BCUT2D eigenvalue weighted by Gasteiger charge is -2.33. The summed E-state index contributed by atoms with van der Waals surface area (Å²) in [6, 6.07) is 14.7. The molecule has 10 heteroatoms. The fraction of sp³-hybridized carbons (Fsp3) is 0.480. The van der Waals surface area contributed by atoms with Gasteiger partial charge < -0.3 is 15.0 Å². The maximum Gasteiger partial charge on any atom is 0.243 e. The zero-order valence-corrected chi connectivity index (χ0v) is 21.6. The Morgan fingerprint density at radius 3 is 2.60 bits per heavy atom. The third kappa shape index (κ3) is 7.17. The largest absolute Gasteiger partial charge is 0.492 e. The number of nitrogens with zero attached hydrogens (tertiary/aromatic N) is 3. The fourth-order valence-electron chi connectivity index (χ4n) is 4.56. The summed E-state index contributed by atoms with van der Waals surface area (Å²) in [6.45, 7) is 5.08. The maximum atomic E-state index is 12.9. The summed E-state index contributed by atoms with van der Waals surface area (Å²) in [5.41, 5.74) is 1.16. The average molecular weight is 521 g/mol. The van der Waals surface area contributed by atoms with Crippen LogP contribution in [0.25, 0.3) is 0 Å². The Morgan fingerprint density at radius 1 is 1.11 bits per heavy atom. The molecule has 2 aromatic rings. The number of carbonyl (C=O) groups is 1. The lowest BCUT2D eigenvalue weighted by Crippen LogP contribution is -2.49. The molecule has 35 heavy (non-hydrogen) atoms. The highest BCUT2D eigenvalue weighted by molar-refractivity contribution is 7.89. The van der Waals surface area contributed by atoms with E-state index in [4.69, 9.17) is 16.3 Å². The Kier molecular flexibility index (Phi) is 8.67. The van der Waals surface area contributed by atoms with Gasteiger partial charge in [0, 0.05) is 63.3 Å². The summed E-state index contributed by atoms with van der Waals surface area (Å²) >= 11 is 5.97. The van der Waals surface area contributed by atoms with Crippen molar-refractivity contribution in [3.05, 3.63) is 59.1 Å². The highest BCUT2D eigenvalue weighted by atomic mass is 35.5. The molecule has 2 fully saturated rings. The monoisotopic (exact) mass is 520 g/mol. The summed E-state index contributed by atoms with van der Waals surface area (Å²) in [5.74, 6) is 0.968. The predicted molar refractivity (Wildman–Crippen MR) is 136 cm³/mol. The van der Waals surface area contributed by atoms with E-state index in [2.05, 4.69) is 34.3 Å². The Morgan fingerprint density at radius 2 is 1.89 bits per heavy atom. The number of amides is 1. The maximum absolute atomic E-state index is 12.9. The molecule has 4 rings (SSSR count). The SMILES string of the molecule is CN(Cc1cccc(OCCN2CCN(S(=O)(=O)c3cccc(Cl)c3)CC2)c1)CC1CCC(=O)N1. The molecule has 2 aliphatic rings. The van der Waals surface area contributed by atoms with E-state index in [0.717, 1.165) is 37.4 Å². The number of halogens is 1. The van der Waals surface area contributed by atoms with Crippen LogP contribution in [-0.2, 0) is 21.4 Å². The molecule has 0 aromatic heterocycles. The van der Waals surface area contributed by atoms with Crippen molar-refractivity contribution in [2.24, 2.45) is 0 Å². The van der Waals surface area contributed by atoms with Crippen LogP contribution in [0.5, 0.6) is 5.75 Å². The van der Waals surface area contributed by atoms with E-state index in [1.54, 1.807) is 18.2 Å². The molecule has 1 atom stereocenters. The van der Waals surface area contributed by atoms with E-state index >= 15 is 0 Å². The first-order valence-corrected chi connectivity index (χ1v) is 13.8. The van der Waals surface area contributed by atoms with Crippen molar-refractivity contribution < 1.29 is 17.9 Å². The molecule has 0 spiro atoms. The van der Waals surface area contributed by atoms with Crippen molar-refractivity contribution in [1.82, 2.24) is 19.4 Å². The molecule has 0 radical (unpaired) electrons. The lowest BCUT2D eigenvalue weighted by molar-refractivity contribution is -0.119. The zero-order chi connectivity index (χ0) is 24.8. The minimum Gasteiger partial charge on any atom is -0.492 e. The van der Waals surface area contributed by atoms with E-state index in [1.807, 2.05) is 12.1 Å². The van der Waals surface area contributed by atoms with Crippen molar-refractivity contribution in [3.8, 4) is 5.75 Å². The number of likely N-dealkylation sites (N-methyl/N-ethyl adjacent to an activating group) is 1. The first-order chi connectivity index (χ1) is 16.8. The molecule has 2 aromatic carbocycles. The van der Waals surface area contributed by atoms with Gasteiger partial charge in [-0.1, -0.05) is 29.8 Å². The molecule has 1 amide bonds. The van der Waals surface area contributed by atoms with Gasteiger partial charge >= 0.3 is 0 Å². The van der Waals surface area contributed by atoms with Gasteiger partial charge in [-0.2, -0.15) is 4.31 Å². The van der Waals surface area contributed by atoms with Crippen LogP contribution in [0.4, 0.5) is 0 Å². The lowest BCUT2D eigenvalue weighted by atomic mass is 10.1. The molecule has 1 N–H and O–H groups in total. The number of hydrogen-bond donors (Lipinski definition) is 1. The molecule has 0 saturated carbocycles. The van der Waals surface area contributed by atoms with E-state index < -0.39 is 10.0 Å². The number of nitrogens with one attached hydrogen (secondary N) is 1. The quantitative estimate of drug-likeness (QED) is 0.518. The summed E-state index contributed by atoms with van der Waals surface area (Å²) in [4.78, 5) is 16.1. The van der Waals surface area contributed by atoms with Crippen molar-refractivity contribution in [2.75, 3.05) is 52.9 Å². The number of sulfonamides is 1. The second-order valence-electron chi connectivity index (χ2n) is 9.20. The first-order valence-electron chi connectivity index (χ1n) is 12.0. The van der Waals surface area contributed by atoms with Crippen molar-refractivity contribution in [3.63, 3.8) is 0 Å². The molecule has 190 valence electrons. The molecule has 2 saturated heterocycles. The van der Waals surface area contributed by atoms with Crippen molar-refractivity contribution in [2.45, 2.75) is 30.3 Å². The summed E-state index contributed by atoms with van der Waals surface area (Å²) in [7, 11) is -1.47. The summed E-state index contributed by atoms with van der Waals surface area (Å²) in [5, 5.41) is 3.43. The Bertz CT molecular complexity index is 1120. The van der Waals surface area contributed by atoms with Crippen LogP contribution in [0.2, 0.25) is 5.02 Å². The van der Waals surface area contributed by atoms with E-state index in [1.165, 1.54) is 10.4 Å². The molecule has 0 bridgehead atoms. The topological polar surface area (TPSA) is 82.2 Å². The second kappa shape index (κ2) is 11.7. The predicted octanol–water partition coefficient (Wildman–Crippen LogP) is 2.44. The minimum atomic E-state index is -3.53. The standard InChI is InChI=1S/C25H33ClN4O4S/c1-28(19-22-8-9-25(31)27-22)18-20-4-2-6-23(16-20)34-15-14-29-10-12-30(13-11-29)35(32,33)24-7-3-5-21(26)17-24/h2-7,16-17,22H,8-15,18-19H2,1H3,(H,27,31). The van der Waals surface area contributed by atoms with Gasteiger partial charge in [-0.3, -0.25) is 9.69 Å². The number of ether oxygens (including phenoxy) is 1. The van der Waals surface area contributed by atoms with Gasteiger partial charge in [0.2, 0.25) is 15.9 Å². The van der Waals surface area contributed by atoms with Crippen LogP contribution in [0.3, 0.4) is 0 Å². The van der Waals surface area contributed by atoms with Crippen molar-refractivity contribution in [1.29, 1.82) is 0 Å². The minimum absolute atomic E-state index is 0.142. The van der Waals surface area contributed by atoms with Crippen molar-refractivity contribution >= 4 is 27.5 Å².